The predicted molar refractivity (Wildman–Crippen MR) is 57.0 cm³/mol. The molecule has 0 aromatic rings. The number of hydrogen-bond donors (Lipinski definition) is 2. The predicted octanol–water partition coefficient (Wildman–Crippen LogP) is -0.704. The lowest BCUT2D eigenvalue weighted by atomic mass is 10.2. The van der Waals surface area contributed by atoms with Gasteiger partial charge in [-0.15, -0.1) is 0 Å². The summed E-state index contributed by atoms with van der Waals surface area (Å²) in [5, 5.41) is 8.84. The maximum absolute atomic E-state index is 10.8. The first-order valence-electron chi connectivity index (χ1n) is 4.65. The standard InChI is InChI=1S/C8H17NO6S/c1-9(4-3-5-16(12,13)14)7(6-15-2)8(10)11/h7H,3-6H2,1-2H3,(H,10,11)(H,12,13,14). The summed E-state index contributed by atoms with van der Waals surface area (Å²) in [6.45, 7) is 0.276. The number of nitrogens with zero attached hydrogens (tertiary/aromatic N) is 1. The Labute approximate surface area is 94.8 Å². The highest BCUT2D eigenvalue weighted by Crippen LogP contribution is 2.00. The molecule has 1 unspecified atom stereocenters. The van der Waals surface area contributed by atoms with Gasteiger partial charge in [-0.05, 0) is 20.0 Å². The van der Waals surface area contributed by atoms with Crippen LogP contribution in [0.5, 0.6) is 0 Å². The fourth-order valence-corrected chi connectivity index (χ4v) is 1.69. The summed E-state index contributed by atoms with van der Waals surface area (Å²) in [6.07, 6.45) is 0.169. The average molecular weight is 255 g/mol. The van der Waals surface area contributed by atoms with Crippen molar-refractivity contribution in [3.63, 3.8) is 0 Å². The first-order chi connectivity index (χ1) is 7.28. The molecule has 7 nitrogen and oxygen atoms in total. The van der Waals surface area contributed by atoms with E-state index < -0.39 is 22.1 Å². The molecule has 0 aliphatic heterocycles. The van der Waals surface area contributed by atoms with Gasteiger partial charge < -0.3 is 9.84 Å². The molecular formula is C8H17NO6S. The molecule has 0 radical (unpaired) electrons. The molecule has 0 saturated carbocycles. The van der Waals surface area contributed by atoms with E-state index in [1.807, 2.05) is 0 Å². The summed E-state index contributed by atoms with van der Waals surface area (Å²) in [4.78, 5) is 12.3. The zero-order valence-corrected chi connectivity index (χ0v) is 10.1. The van der Waals surface area contributed by atoms with E-state index in [1.165, 1.54) is 12.0 Å². The Morgan fingerprint density at radius 1 is 1.50 bits per heavy atom. The second-order valence-corrected chi connectivity index (χ2v) is 5.00. The van der Waals surface area contributed by atoms with Gasteiger partial charge in [0.25, 0.3) is 10.1 Å². The van der Waals surface area contributed by atoms with Crippen LogP contribution in [0.4, 0.5) is 0 Å². The van der Waals surface area contributed by atoms with E-state index >= 15 is 0 Å². The van der Waals surface area contributed by atoms with Crippen LogP contribution in [-0.2, 0) is 19.6 Å². The van der Waals surface area contributed by atoms with Gasteiger partial charge in [0.05, 0.1) is 12.4 Å². The minimum absolute atomic E-state index is 0.0255. The lowest BCUT2D eigenvalue weighted by molar-refractivity contribution is -0.144. The van der Waals surface area contributed by atoms with Gasteiger partial charge in [-0.1, -0.05) is 0 Å². The largest absolute Gasteiger partial charge is 0.480 e. The molecule has 0 amide bonds. The van der Waals surface area contributed by atoms with Crippen LogP contribution in [-0.4, -0.2) is 68.1 Å². The van der Waals surface area contributed by atoms with E-state index in [1.54, 1.807) is 7.05 Å². The first-order valence-corrected chi connectivity index (χ1v) is 6.26. The molecular weight excluding hydrogens is 238 g/mol. The van der Waals surface area contributed by atoms with E-state index in [0.717, 1.165) is 0 Å². The molecule has 0 aromatic carbocycles. The van der Waals surface area contributed by atoms with Gasteiger partial charge in [0.15, 0.2) is 0 Å². The molecule has 96 valence electrons. The summed E-state index contributed by atoms with van der Waals surface area (Å²) in [5.74, 6) is -1.41. The molecule has 0 aliphatic carbocycles. The van der Waals surface area contributed by atoms with Gasteiger partial charge in [0.2, 0.25) is 0 Å². The van der Waals surface area contributed by atoms with Crippen molar-refractivity contribution in [2.75, 3.05) is 33.1 Å². The van der Waals surface area contributed by atoms with E-state index in [-0.39, 0.29) is 25.3 Å². The van der Waals surface area contributed by atoms with Gasteiger partial charge in [0.1, 0.15) is 6.04 Å². The zero-order chi connectivity index (χ0) is 12.8. The van der Waals surface area contributed by atoms with Crippen molar-refractivity contribution in [1.29, 1.82) is 0 Å². The van der Waals surface area contributed by atoms with Gasteiger partial charge in [0, 0.05) is 7.11 Å². The minimum atomic E-state index is -3.98. The van der Waals surface area contributed by atoms with E-state index in [9.17, 15) is 13.2 Å². The molecule has 1 atom stereocenters. The average Bonchev–Trinajstić information content (AvgIpc) is 2.11. The third-order valence-corrected chi connectivity index (χ3v) is 2.86. The molecule has 16 heavy (non-hydrogen) atoms. The van der Waals surface area contributed by atoms with Crippen LogP contribution in [0, 0.1) is 0 Å². The SMILES string of the molecule is COCC(C(=O)O)N(C)CCCS(=O)(=O)O. The fourth-order valence-electron chi connectivity index (χ4n) is 1.20. The molecule has 0 saturated heterocycles. The zero-order valence-electron chi connectivity index (χ0n) is 9.29. The maximum atomic E-state index is 10.8. The van der Waals surface area contributed by atoms with Crippen molar-refractivity contribution in [3.05, 3.63) is 0 Å². The summed E-state index contributed by atoms with van der Waals surface area (Å²) < 4.78 is 34.1. The fraction of sp³-hybridized carbons (Fsp3) is 0.875. The number of likely N-dealkylation sites (N-methyl/N-ethyl adjacent to an activating group) is 1. The van der Waals surface area contributed by atoms with Crippen molar-refractivity contribution in [1.82, 2.24) is 4.90 Å². The normalized spacial score (nSPS) is 14.0. The Balaban J connectivity index is 4.11. The Bertz CT molecular complexity index is 314. The Morgan fingerprint density at radius 3 is 2.44 bits per heavy atom. The number of ether oxygens (including phenoxy) is 1. The van der Waals surface area contributed by atoms with Crippen LogP contribution in [0.15, 0.2) is 0 Å². The molecule has 0 aliphatic rings. The van der Waals surface area contributed by atoms with Crippen LogP contribution in [0.3, 0.4) is 0 Å². The van der Waals surface area contributed by atoms with Crippen LogP contribution < -0.4 is 0 Å². The smallest absolute Gasteiger partial charge is 0.323 e. The van der Waals surface area contributed by atoms with Gasteiger partial charge >= 0.3 is 5.97 Å². The van der Waals surface area contributed by atoms with Gasteiger partial charge in [-0.25, -0.2) is 0 Å². The van der Waals surface area contributed by atoms with E-state index in [2.05, 4.69) is 0 Å². The quantitative estimate of drug-likeness (QED) is 0.552. The number of rotatable bonds is 8. The molecule has 0 aromatic heterocycles. The van der Waals surface area contributed by atoms with E-state index in [4.69, 9.17) is 14.4 Å². The highest BCUT2D eigenvalue weighted by Gasteiger charge is 2.22. The van der Waals surface area contributed by atoms with Crippen molar-refractivity contribution in [2.24, 2.45) is 0 Å². The van der Waals surface area contributed by atoms with Crippen LogP contribution in [0.25, 0.3) is 0 Å². The maximum Gasteiger partial charge on any atom is 0.323 e. The molecule has 2 N–H and O–H groups in total. The third kappa shape index (κ3) is 6.72. The summed E-state index contributed by atoms with van der Waals surface area (Å²) in [6, 6.07) is -0.814. The summed E-state index contributed by atoms with van der Waals surface area (Å²) >= 11 is 0. The topological polar surface area (TPSA) is 104 Å². The molecule has 0 rings (SSSR count). The Hall–Kier alpha value is -0.700. The molecule has 8 heteroatoms. The van der Waals surface area contributed by atoms with Crippen molar-refractivity contribution in [3.8, 4) is 0 Å². The Morgan fingerprint density at radius 2 is 2.06 bits per heavy atom. The van der Waals surface area contributed by atoms with E-state index in [0.29, 0.717) is 0 Å². The van der Waals surface area contributed by atoms with Gasteiger partial charge in [-0.3, -0.25) is 14.2 Å². The number of hydrogen-bond acceptors (Lipinski definition) is 5. The number of carboxylic acids is 1. The molecule has 0 bridgehead atoms. The molecule has 0 heterocycles. The Kier molecular flexibility index (Phi) is 6.49. The number of methoxy groups -OCH3 is 1. The number of carboxylic acid groups (broad SMARTS) is 1. The molecule has 0 spiro atoms. The lowest BCUT2D eigenvalue weighted by Gasteiger charge is -2.23. The summed E-state index contributed by atoms with van der Waals surface area (Å²) in [5.41, 5.74) is 0. The second-order valence-electron chi connectivity index (χ2n) is 3.43. The van der Waals surface area contributed by atoms with Crippen LogP contribution in [0.1, 0.15) is 6.42 Å². The van der Waals surface area contributed by atoms with Crippen LogP contribution >= 0.6 is 0 Å². The highest BCUT2D eigenvalue weighted by atomic mass is 32.2. The monoisotopic (exact) mass is 255 g/mol. The van der Waals surface area contributed by atoms with Crippen molar-refractivity contribution < 1.29 is 27.6 Å². The third-order valence-electron chi connectivity index (χ3n) is 2.05. The van der Waals surface area contributed by atoms with Gasteiger partial charge in [-0.2, -0.15) is 8.42 Å². The minimum Gasteiger partial charge on any atom is -0.480 e. The van der Waals surface area contributed by atoms with Crippen molar-refractivity contribution >= 4 is 16.1 Å². The number of carbonyl (C=O) groups is 1. The molecule has 0 fully saturated rings. The second kappa shape index (κ2) is 6.79. The lowest BCUT2D eigenvalue weighted by Crippen LogP contribution is -2.42. The highest BCUT2D eigenvalue weighted by molar-refractivity contribution is 7.85. The van der Waals surface area contributed by atoms with Crippen LogP contribution in [0.2, 0.25) is 0 Å². The first kappa shape index (κ1) is 15.3. The van der Waals surface area contributed by atoms with Crippen molar-refractivity contribution in [2.45, 2.75) is 12.5 Å². The number of aliphatic carboxylic acids is 1. The summed E-state index contributed by atoms with van der Waals surface area (Å²) in [7, 11) is -1.04.